The van der Waals surface area contributed by atoms with Crippen molar-refractivity contribution in [1.29, 1.82) is 0 Å². The van der Waals surface area contributed by atoms with Crippen molar-refractivity contribution >= 4 is 17.3 Å². The Morgan fingerprint density at radius 2 is 2.36 bits per heavy atom. The van der Waals surface area contributed by atoms with E-state index in [0.29, 0.717) is 10.6 Å². The van der Waals surface area contributed by atoms with E-state index in [4.69, 9.17) is 9.84 Å². The third kappa shape index (κ3) is 1.43. The quantitative estimate of drug-likeness (QED) is 0.724. The Morgan fingerprint density at radius 1 is 1.57 bits per heavy atom. The van der Waals surface area contributed by atoms with E-state index < -0.39 is 17.3 Å². The van der Waals surface area contributed by atoms with Crippen molar-refractivity contribution in [3.8, 4) is 5.75 Å². The Kier molecular flexibility index (Phi) is 2.33. The number of benzene rings is 1. The van der Waals surface area contributed by atoms with Gasteiger partial charge < -0.3 is 9.84 Å². The van der Waals surface area contributed by atoms with Crippen molar-refractivity contribution in [2.75, 3.05) is 12.4 Å². The van der Waals surface area contributed by atoms with Crippen LogP contribution in [0.15, 0.2) is 23.1 Å². The smallest absolute Gasteiger partial charge is 0.339 e. The summed E-state index contributed by atoms with van der Waals surface area (Å²) in [5.74, 6) is -0.575. The van der Waals surface area contributed by atoms with Crippen LogP contribution in [-0.2, 0) is 11.3 Å². The van der Waals surface area contributed by atoms with Crippen LogP contribution in [0.3, 0.4) is 0 Å². The third-order valence-electron chi connectivity index (χ3n) is 1.96. The van der Waals surface area contributed by atoms with Gasteiger partial charge in [-0.05, 0) is 6.07 Å². The molecule has 3 nitrogen and oxygen atoms in total. The van der Waals surface area contributed by atoms with Crippen LogP contribution in [0.2, 0.25) is 0 Å². The SMILES string of the molecule is O=C(O)c1cccc2c1OCC[S+]2F. The molecular formula is C9H8FO3S+. The molecule has 1 N–H and O–H groups in total. The highest BCUT2D eigenvalue weighted by atomic mass is 32.2. The van der Waals surface area contributed by atoms with Crippen LogP contribution in [0.1, 0.15) is 10.4 Å². The molecule has 2 rings (SSSR count). The van der Waals surface area contributed by atoms with Gasteiger partial charge in [0.25, 0.3) is 11.3 Å². The zero-order valence-corrected chi connectivity index (χ0v) is 8.01. The van der Waals surface area contributed by atoms with E-state index in [2.05, 4.69) is 0 Å². The first-order valence-corrected chi connectivity index (χ1v) is 5.36. The first kappa shape index (κ1) is 9.33. The van der Waals surface area contributed by atoms with Crippen LogP contribution in [0.5, 0.6) is 5.75 Å². The molecule has 1 unspecified atom stereocenters. The number of fused-ring (bicyclic) bond motifs is 1. The van der Waals surface area contributed by atoms with Crippen molar-refractivity contribution in [1.82, 2.24) is 0 Å². The summed E-state index contributed by atoms with van der Waals surface area (Å²) in [6.07, 6.45) is 0. The lowest BCUT2D eigenvalue weighted by Crippen LogP contribution is -2.20. The van der Waals surface area contributed by atoms with Crippen LogP contribution in [0, 0.1) is 0 Å². The maximum absolute atomic E-state index is 13.4. The molecule has 0 spiro atoms. The number of carboxylic acid groups (broad SMARTS) is 1. The molecule has 0 bridgehead atoms. The predicted molar refractivity (Wildman–Crippen MR) is 50.5 cm³/mol. The molecule has 1 aromatic rings. The maximum Gasteiger partial charge on any atom is 0.339 e. The molecule has 0 amide bonds. The maximum atomic E-state index is 13.4. The highest BCUT2D eigenvalue weighted by molar-refractivity contribution is 7.92. The zero-order chi connectivity index (χ0) is 10.1. The van der Waals surface area contributed by atoms with Crippen LogP contribution < -0.4 is 4.74 Å². The van der Waals surface area contributed by atoms with E-state index in [0.717, 1.165) is 0 Å². The van der Waals surface area contributed by atoms with Gasteiger partial charge in [-0.15, -0.1) is 0 Å². The molecule has 1 atom stereocenters. The summed E-state index contributed by atoms with van der Waals surface area (Å²) < 4.78 is 18.5. The number of carbonyl (C=O) groups is 1. The van der Waals surface area contributed by atoms with Crippen molar-refractivity contribution < 1.29 is 18.5 Å². The van der Waals surface area contributed by atoms with Crippen LogP contribution in [0.4, 0.5) is 3.89 Å². The molecule has 0 radical (unpaired) electrons. The number of ether oxygens (including phenoxy) is 1. The van der Waals surface area contributed by atoms with Gasteiger partial charge in [-0.25, -0.2) is 4.79 Å². The molecule has 0 saturated heterocycles. The number of hydrogen-bond acceptors (Lipinski definition) is 2. The van der Waals surface area contributed by atoms with Gasteiger partial charge >= 0.3 is 5.97 Å². The average Bonchev–Trinajstić information content (AvgIpc) is 2.17. The summed E-state index contributed by atoms with van der Waals surface area (Å²) in [6, 6.07) is 4.53. The van der Waals surface area contributed by atoms with Gasteiger partial charge in [-0.3, -0.25) is 0 Å². The number of aromatic carboxylic acids is 1. The molecule has 74 valence electrons. The van der Waals surface area contributed by atoms with E-state index in [1.165, 1.54) is 12.1 Å². The van der Waals surface area contributed by atoms with Gasteiger partial charge in [0.2, 0.25) is 4.90 Å². The Hall–Kier alpha value is -1.23. The molecule has 0 saturated carbocycles. The van der Waals surface area contributed by atoms with Crippen LogP contribution in [0.25, 0.3) is 0 Å². The fourth-order valence-electron chi connectivity index (χ4n) is 1.33. The molecule has 1 aliphatic rings. The Balaban J connectivity index is 2.55. The highest BCUT2D eigenvalue weighted by Gasteiger charge is 2.35. The van der Waals surface area contributed by atoms with E-state index in [1.807, 2.05) is 0 Å². The lowest BCUT2D eigenvalue weighted by atomic mass is 10.2. The van der Waals surface area contributed by atoms with Gasteiger partial charge in [-0.2, -0.15) is 0 Å². The minimum Gasteiger partial charge on any atom is -0.482 e. The lowest BCUT2D eigenvalue weighted by Gasteiger charge is -2.13. The van der Waals surface area contributed by atoms with E-state index in [1.54, 1.807) is 6.07 Å². The molecule has 0 aliphatic carbocycles. The largest absolute Gasteiger partial charge is 0.482 e. The summed E-state index contributed by atoms with van der Waals surface area (Å²) in [7, 11) is 0. The normalized spacial score (nSPS) is 19.6. The van der Waals surface area contributed by atoms with Gasteiger partial charge in [0.1, 0.15) is 12.2 Å². The molecule has 1 heterocycles. The second-order valence-corrected chi connectivity index (χ2v) is 4.33. The number of hydrogen-bond donors (Lipinski definition) is 1. The third-order valence-corrected chi connectivity index (χ3v) is 3.28. The first-order chi connectivity index (χ1) is 6.70. The molecule has 14 heavy (non-hydrogen) atoms. The van der Waals surface area contributed by atoms with Crippen LogP contribution >= 0.6 is 0 Å². The Morgan fingerprint density at radius 3 is 3.07 bits per heavy atom. The van der Waals surface area contributed by atoms with Crippen LogP contribution in [-0.4, -0.2) is 23.4 Å². The van der Waals surface area contributed by atoms with Crippen molar-refractivity contribution in [3.63, 3.8) is 0 Å². The van der Waals surface area contributed by atoms with Crippen molar-refractivity contribution in [3.05, 3.63) is 23.8 Å². The summed E-state index contributed by atoms with van der Waals surface area (Å²) in [4.78, 5) is 11.2. The van der Waals surface area contributed by atoms with E-state index >= 15 is 0 Å². The van der Waals surface area contributed by atoms with E-state index in [-0.39, 0.29) is 17.9 Å². The summed E-state index contributed by atoms with van der Waals surface area (Å²) in [6.45, 7) is 0.247. The fourth-order valence-corrected chi connectivity index (χ4v) is 2.38. The number of rotatable bonds is 1. The monoisotopic (exact) mass is 215 g/mol. The number of halogens is 1. The zero-order valence-electron chi connectivity index (χ0n) is 7.20. The molecule has 0 aromatic heterocycles. The van der Waals surface area contributed by atoms with E-state index in [9.17, 15) is 8.68 Å². The minimum absolute atomic E-state index is 0.0392. The van der Waals surface area contributed by atoms with Gasteiger partial charge in [0, 0.05) is 9.95 Å². The number of para-hydroxylation sites is 1. The first-order valence-electron chi connectivity index (χ1n) is 4.06. The minimum atomic E-state index is -1.38. The molecular weight excluding hydrogens is 207 g/mol. The van der Waals surface area contributed by atoms with Gasteiger partial charge in [-0.1, -0.05) is 6.07 Å². The standard InChI is InChI=1S/C9H7FO3S/c10-14-5-4-13-8-6(9(11)12)2-1-3-7(8)14/h1-3H,4-5H2/p+1. The Bertz CT molecular complexity index is 380. The molecule has 0 fully saturated rings. The second kappa shape index (κ2) is 3.49. The summed E-state index contributed by atoms with van der Waals surface area (Å²) in [5, 5.41) is 8.83. The van der Waals surface area contributed by atoms with Crippen molar-refractivity contribution in [2.24, 2.45) is 0 Å². The molecule has 1 aliphatic heterocycles. The highest BCUT2D eigenvalue weighted by Crippen LogP contribution is 2.33. The average molecular weight is 215 g/mol. The lowest BCUT2D eigenvalue weighted by molar-refractivity contribution is 0.0691. The summed E-state index contributed by atoms with van der Waals surface area (Å²) >= 11 is -1.38. The molecule has 1 aromatic carbocycles. The molecule has 5 heteroatoms. The van der Waals surface area contributed by atoms with Gasteiger partial charge in [0.05, 0.1) is 0 Å². The van der Waals surface area contributed by atoms with Gasteiger partial charge in [0.15, 0.2) is 11.5 Å². The topological polar surface area (TPSA) is 46.5 Å². The number of carboxylic acids is 1. The fraction of sp³-hybridized carbons (Fsp3) is 0.222. The van der Waals surface area contributed by atoms with Crippen molar-refractivity contribution in [2.45, 2.75) is 4.90 Å². The summed E-state index contributed by atoms with van der Waals surface area (Å²) in [5.41, 5.74) is 0.0392. The Labute approximate surface area is 83.1 Å². The second-order valence-electron chi connectivity index (χ2n) is 2.82. The predicted octanol–water partition coefficient (Wildman–Crippen LogP) is 1.64.